The van der Waals surface area contributed by atoms with Gasteiger partial charge < -0.3 is 34.5 Å². The van der Waals surface area contributed by atoms with E-state index in [9.17, 15) is 28.7 Å². The lowest BCUT2D eigenvalue weighted by molar-refractivity contribution is -0.288. The van der Waals surface area contributed by atoms with E-state index in [-0.39, 0.29) is 37.4 Å². The van der Waals surface area contributed by atoms with E-state index in [1.807, 2.05) is 0 Å². The predicted molar refractivity (Wildman–Crippen MR) is 201 cm³/mol. The Bertz CT molecular complexity index is 1920. The van der Waals surface area contributed by atoms with Crippen molar-refractivity contribution in [3.05, 3.63) is 30.3 Å². The van der Waals surface area contributed by atoms with E-state index in [2.05, 4.69) is 27.1 Å². The Morgan fingerprint density at radius 3 is 2.41 bits per heavy atom. The van der Waals surface area contributed by atoms with E-state index < -0.39 is 101 Å². The summed E-state index contributed by atoms with van der Waals surface area (Å²) in [6.45, 7) is 11.7. The van der Waals surface area contributed by atoms with Gasteiger partial charge in [-0.3, -0.25) is 19.5 Å². The topological polar surface area (TPSA) is 208 Å². The van der Waals surface area contributed by atoms with Gasteiger partial charge in [0.2, 0.25) is 0 Å². The van der Waals surface area contributed by atoms with Gasteiger partial charge in [-0.15, -0.1) is 5.10 Å². The number of pyridine rings is 1. The van der Waals surface area contributed by atoms with Crippen LogP contribution in [0.15, 0.2) is 24.5 Å². The maximum Gasteiger partial charge on any atom is 0.411 e. The number of carbonyl (C=O) groups excluding carboxylic acids is 4. The summed E-state index contributed by atoms with van der Waals surface area (Å²) in [6.07, 6.45) is -3.55. The van der Waals surface area contributed by atoms with Gasteiger partial charge in [0, 0.05) is 43.2 Å². The molecule has 5 rings (SSSR count). The number of aliphatic hydroxyl groups is 1. The van der Waals surface area contributed by atoms with Gasteiger partial charge in [0.05, 0.1) is 42.3 Å². The highest BCUT2D eigenvalue weighted by atomic mass is 19.1. The molecule has 2 aromatic heterocycles. The van der Waals surface area contributed by atoms with Crippen LogP contribution in [-0.4, -0.2) is 127 Å². The smallest absolute Gasteiger partial charge is 0.411 e. The highest BCUT2D eigenvalue weighted by molar-refractivity contribution is 6.08. The first-order valence-corrected chi connectivity index (χ1v) is 19.4. The Morgan fingerprint density at radius 1 is 1.07 bits per heavy atom. The minimum Gasteiger partial charge on any atom is -0.455 e. The summed E-state index contributed by atoms with van der Waals surface area (Å²) in [5.74, 6) is -0.927. The average molecular weight is 817 g/mol. The van der Waals surface area contributed by atoms with E-state index in [0.29, 0.717) is 12.1 Å². The van der Waals surface area contributed by atoms with Crippen LogP contribution in [0.4, 0.5) is 13.6 Å². The van der Waals surface area contributed by atoms with Crippen LogP contribution in [0.1, 0.15) is 74.7 Å². The molecule has 3 saturated heterocycles. The fourth-order valence-electron chi connectivity index (χ4n) is 8.51. The zero-order chi connectivity index (χ0) is 42.9. The quantitative estimate of drug-likeness (QED) is 0.234. The first kappa shape index (κ1) is 44.7. The third-order valence-electron chi connectivity index (χ3n) is 11.7. The van der Waals surface area contributed by atoms with Gasteiger partial charge in [-0.25, -0.2) is 23.1 Å². The molecule has 58 heavy (non-hydrogen) atoms. The van der Waals surface area contributed by atoms with Gasteiger partial charge in [0.25, 0.3) is 5.67 Å². The van der Waals surface area contributed by atoms with E-state index in [4.69, 9.17) is 29.4 Å². The molecule has 0 bridgehead atoms. The molecule has 3 aliphatic rings. The van der Waals surface area contributed by atoms with Crippen molar-refractivity contribution in [1.29, 1.82) is 0 Å². The fourth-order valence-corrected chi connectivity index (χ4v) is 8.51. The number of Topliss-reactive ketones (excluding diaryl/α,β-unsaturated/α-hetero) is 2. The first-order chi connectivity index (χ1) is 27.2. The number of nitrogens with zero attached hydrogens (tertiary/aromatic N) is 5. The van der Waals surface area contributed by atoms with Crippen LogP contribution in [0.25, 0.3) is 11.4 Å². The Balaban J connectivity index is 1.49. The molecule has 3 fully saturated rings. The highest BCUT2D eigenvalue weighted by Gasteiger charge is 2.61. The number of rotatable bonds is 7. The van der Waals surface area contributed by atoms with E-state index in [1.165, 1.54) is 55.1 Å². The van der Waals surface area contributed by atoms with E-state index in [0.717, 1.165) is 6.92 Å². The molecule has 0 aromatic carbocycles. The zero-order valence-electron chi connectivity index (χ0n) is 34.3. The lowest BCUT2D eigenvalue weighted by Gasteiger charge is -2.46. The van der Waals surface area contributed by atoms with Crippen molar-refractivity contribution in [1.82, 2.24) is 24.9 Å². The Morgan fingerprint density at radius 2 is 1.76 bits per heavy atom. The lowest BCUT2D eigenvalue weighted by Crippen LogP contribution is -2.61. The normalized spacial score (nSPS) is 37.6. The molecule has 16 nitrogen and oxygen atoms in total. The molecule has 3 aliphatic heterocycles. The third kappa shape index (κ3) is 8.79. The number of aliphatic hydroxyl groups excluding tert-OH is 1. The van der Waals surface area contributed by atoms with Crippen LogP contribution in [0.3, 0.4) is 0 Å². The van der Waals surface area contributed by atoms with Crippen LogP contribution < -0.4 is 5.73 Å². The number of alkyl halides is 1. The highest BCUT2D eigenvalue weighted by Crippen LogP contribution is 2.43. The van der Waals surface area contributed by atoms with Crippen molar-refractivity contribution >= 4 is 23.6 Å². The zero-order valence-corrected chi connectivity index (χ0v) is 34.3. The first-order valence-electron chi connectivity index (χ1n) is 19.4. The number of aromatic nitrogens is 4. The molecule has 0 aliphatic carbocycles. The van der Waals surface area contributed by atoms with Crippen LogP contribution in [0, 0.1) is 35.4 Å². The van der Waals surface area contributed by atoms with Crippen molar-refractivity contribution < 1.29 is 56.7 Å². The summed E-state index contributed by atoms with van der Waals surface area (Å²) in [5.41, 5.74) is 0.314. The second-order valence-electron chi connectivity index (χ2n) is 16.2. The number of halogens is 2. The van der Waals surface area contributed by atoms with Crippen molar-refractivity contribution in [3.63, 3.8) is 0 Å². The summed E-state index contributed by atoms with van der Waals surface area (Å²) in [4.78, 5) is 61.5. The molecule has 1 amide bonds. The number of esters is 1. The molecule has 5 heterocycles. The summed E-state index contributed by atoms with van der Waals surface area (Å²) >= 11 is 0. The summed E-state index contributed by atoms with van der Waals surface area (Å²) in [7, 11) is 1.35. The number of cyclic esters (lactones) is 1. The lowest BCUT2D eigenvalue weighted by atomic mass is 9.73. The fraction of sp³-hybridized carbons (Fsp3) is 0.675. The predicted octanol–water partition coefficient (Wildman–Crippen LogP) is 3.18. The van der Waals surface area contributed by atoms with Crippen LogP contribution in [-0.2, 0) is 44.6 Å². The Kier molecular flexibility index (Phi) is 13.4. The number of fused-ring (bicyclic) bond motifs is 1. The van der Waals surface area contributed by atoms with E-state index >= 15 is 4.39 Å². The molecule has 318 valence electrons. The Hall–Kier alpha value is -4.41. The monoisotopic (exact) mass is 816 g/mol. The Labute approximate surface area is 336 Å². The molecule has 0 spiro atoms. The number of hydrogen-bond acceptors (Lipinski definition) is 14. The SMILES string of the molecule is CC[C@H]1OC(=O)[C@@](C)(F)C(=O)[C@H](C)[C@@H](O[C@@H]2O[C@H](C)CC(N)C2O)[C@](C)(OC)C[C@@H](C)C(=O)[C@H](C)[C@H]2N(CC#CCn3cc(-c4cc(F)ccn4)nn3)C(=O)O[C@]12C. The maximum absolute atomic E-state index is 16.8. The number of methoxy groups -OCH3 is 1. The van der Waals surface area contributed by atoms with E-state index in [1.54, 1.807) is 34.6 Å². The number of ketones is 2. The molecule has 13 atom stereocenters. The second kappa shape index (κ2) is 17.4. The maximum atomic E-state index is 16.8. The summed E-state index contributed by atoms with van der Waals surface area (Å²) in [5, 5.41) is 19.0. The molecule has 0 saturated carbocycles. The van der Waals surface area contributed by atoms with Gasteiger partial charge >= 0.3 is 12.1 Å². The van der Waals surface area contributed by atoms with Gasteiger partial charge in [0.1, 0.15) is 36.0 Å². The second-order valence-corrected chi connectivity index (χ2v) is 16.2. The van der Waals surface area contributed by atoms with Crippen LogP contribution in [0.2, 0.25) is 0 Å². The number of nitrogens with two attached hydrogens (primary N) is 1. The molecule has 2 unspecified atom stereocenters. The van der Waals surface area contributed by atoms with Gasteiger partial charge in [-0.2, -0.15) is 0 Å². The average Bonchev–Trinajstić information content (AvgIpc) is 3.75. The standard InChI is InChI=1S/C40H54F2N6O10/c1-10-29-40(8)32(48(37(53)58-40)16-12-11-15-47-20-28(45-46-47)27-18-25(41)13-14-44-27)23(4)30(49)21(2)19-38(6,54-9)34(24(5)33(51)39(7,42)36(52)56-29)57-35-31(50)26(43)17-22(3)55-35/h13-14,18,20-24,26,29,31-32,34-35,50H,10,15-17,19,43H2,1-9H3/t21-,22-,23+,24+,26?,29-,31?,32-,34-,35+,38-,39+,40-/m1/s1. The number of carbonyl (C=O) groups is 4. The molecule has 2 aromatic rings. The number of amides is 1. The summed E-state index contributed by atoms with van der Waals surface area (Å²) < 4.78 is 61.7. The molecular weight excluding hydrogens is 762 g/mol. The third-order valence-corrected chi connectivity index (χ3v) is 11.7. The number of ether oxygens (including phenoxy) is 5. The molecule has 3 N–H and O–H groups in total. The summed E-state index contributed by atoms with van der Waals surface area (Å²) in [6, 6.07) is 0.602. The largest absolute Gasteiger partial charge is 0.455 e. The number of hydrogen-bond donors (Lipinski definition) is 2. The molecule has 0 radical (unpaired) electrons. The molecular formula is C40H54F2N6O10. The van der Waals surface area contributed by atoms with Gasteiger partial charge in [-0.05, 0) is 53.0 Å². The van der Waals surface area contributed by atoms with Crippen molar-refractivity contribution in [2.75, 3.05) is 13.7 Å². The van der Waals surface area contributed by atoms with Crippen LogP contribution in [0.5, 0.6) is 0 Å². The van der Waals surface area contributed by atoms with Crippen molar-refractivity contribution in [3.8, 4) is 23.2 Å². The van der Waals surface area contributed by atoms with Gasteiger partial charge in [-0.1, -0.05) is 44.7 Å². The molecule has 18 heteroatoms. The van der Waals surface area contributed by atoms with Crippen molar-refractivity contribution in [2.24, 2.45) is 23.5 Å². The van der Waals surface area contributed by atoms with Crippen LogP contribution >= 0.6 is 0 Å². The van der Waals surface area contributed by atoms with Gasteiger partial charge in [0.15, 0.2) is 17.7 Å². The minimum absolute atomic E-state index is 0.0134. The minimum atomic E-state index is -3.23. The van der Waals surface area contributed by atoms with Crippen molar-refractivity contribution in [2.45, 2.75) is 141 Å².